The molecule has 1 amide bonds. The van der Waals surface area contributed by atoms with E-state index >= 15 is 0 Å². The van der Waals surface area contributed by atoms with Crippen LogP contribution in [0.5, 0.6) is 0 Å². The number of thiol groups is 1. The second-order valence-corrected chi connectivity index (χ2v) is 4.97. The SMILES string of the molecule is CN1CCN(C(=O)CCS)CC1(C)C. The minimum Gasteiger partial charge on any atom is -0.340 e. The summed E-state index contributed by atoms with van der Waals surface area (Å²) >= 11 is 4.08. The molecular weight excluding hydrogens is 196 g/mol. The Hall–Kier alpha value is -0.220. The Kier molecular flexibility index (Phi) is 3.84. The van der Waals surface area contributed by atoms with Crippen LogP contribution in [-0.4, -0.2) is 53.7 Å². The molecule has 0 bridgehead atoms. The van der Waals surface area contributed by atoms with E-state index in [4.69, 9.17) is 0 Å². The maximum atomic E-state index is 11.7. The number of piperazine rings is 1. The molecule has 0 spiro atoms. The highest BCUT2D eigenvalue weighted by molar-refractivity contribution is 7.80. The fourth-order valence-electron chi connectivity index (χ4n) is 1.71. The van der Waals surface area contributed by atoms with Crippen molar-refractivity contribution in [3.8, 4) is 0 Å². The van der Waals surface area contributed by atoms with E-state index in [0.29, 0.717) is 12.2 Å². The molecule has 1 aliphatic heterocycles. The lowest BCUT2D eigenvalue weighted by Gasteiger charge is -2.45. The van der Waals surface area contributed by atoms with E-state index in [1.54, 1.807) is 0 Å². The lowest BCUT2D eigenvalue weighted by molar-refractivity contribution is -0.135. The Morgan fingerprint density at radius 2 is 2.07 bits per heavy atom. The molecule has 1 rings (SSSR count). The van der Waals surface area contributed by atoms with Crippen LogP contribution in [0.2, 0.25) is 0 Å². The van der Waals surface area contributed by atoms with Gasteiger partial charge in [-0.15, -0.1) is 0 Å². The Morgan fingerprint density at radius 1 is 1.43 bits per heavy atom. The van der Waals surface area contributed by atoms with Gasteiger partial charge < -0.3 is 4.90 Å². The zero-order chi connectivity index (χ0) is 10.8. The van der Waals surface area contributed by atoms with Gasteiger partial charge >= 0.3 is 0 Å². The number of rotatable bonds is 2. The summed E-state index contributed by atoms with van der Waals surface area (Å²) < 4.78 is 0. The second-order valence-electron chi connectivity index (χ2n) is 4.52. The fourth-order valence-corrected chi connectivity index (χ4v) is 1.90. The first-order valence-electron chi connectivity index (χ1n) is 5.07. The average Bonchev–Trinajstić information content (AvgIpc) is 2.10. The molecule has 0 aromatic heterocycles. The van der Waals surface area contributed by atoms with Crippen LogP contribution in [-0.2, 0) is 4.79 Å². The minimum atomic E-state index is 0.102. The lowest BCUT2D eigenvalue weighted by atomic mass is 9.99. The number of carbonyl (C=O) groups excluding carboxylic acids is 1. The number of likely N-dealkylation sites (N-methyl/N-ethyl adjacent to an activating group) is 1. The van der Waals surface area contributed by atoms with Gasteiger partial charge in [0.1, 0.15) is 0 Å². The molecule has 0 saturated carbocycles. The molecule has 1 aliphatic rings. The largest absolute Gasteiger partial charge is 0.340 e. The number of nitrogens with zero attached hydrogens (tertiary/aromatic N) is 2. The molecule has 14 heavy (non-hydrogen) atoms. The van der Waals surface area contributed by atoms with Crippen LogP contribution < -0.4 is 0 Å². The van der Waals surface area contributed by atoms with Gasteiger partial charge in [0.05, 0.1) is 0 Å². The summed E-state index contributed by atoms with van der Waals surface area (Å²) in [7, 11) is 2.11. The molecule has 1 heterocycles. The van der Waals surface area contributed by atoms with Crippen LogP contribution in [0.15, 0.2) is 0 Å². The number of amides is 1. The van der Waals surface area contributed by atoms with Crippen molar-refractivity contribution in [3.63, 3.8) is 0 Å². The Morgan fingerprint density at radius 3 is 2.57 bits per heavy atom. The van der Waals surface area contributed by atoms with Gasteiger partial charge in [-0.2, -0.15) is 12.6 Å². The van der Waals surface area contributed by atoms with E-state index in [2.05, 4.69) is 38.4 Å². The molecule has 0 aromatic carbocycles. The highest BCUT2D eigenvalue weighted by atomic mass is 32.1. The van der Waals surface area contributed by atoms with Crippen molar-refractivity contribution in [1.82, 2.24) is 9.80 Å². The predicted octanol–water partition coefficient (Wildman–Crippen LogP) is 0.859. The van der Waals surface area contributed by atoms with E-state index in [0.717, 1.165) is 19.6 Å². The molecule has 1 saturated heterocycles. The minimum absolute atomic E-state index is 0.102. The maximum Gasteiger partial charge on any atom is 0.223 e. The number of carbonyl (C=O) groups is 1. The van der Waals surface area contributed by atoms with Crippen LogP contribution in [0, 0.1) is 0 Å². The van der Waals surface area contributed by atoms with Crippen LogP contribution in [0.1, 0.15) is 20.3 Å². The van der Waals surface area contributed by atoms with E-state index in [-0.39, 0.29) is 11.4 Å². The summed E-state index contributed by atoms with van der Waals surface area (Å²) in [6.45, 7) is 6.99. The monoisotopic (exact) mass is 216 g/mol. The molecule has 0 radical (unpaired) electrons. The number of hydrogen-bond donors (Lipinski definition) is 1. The van der Waals surface area contributed by atoms with Crippen molar-refractivity contribution in [3.05, 3.63) is 0 Å². The summed E-state index contributed by atoms with van der Waals surface area (Å²) in [6.07, 6.45) is 0.558. The van der Waals surface area contributed by atoms with Crippen molar-refractivity contribution in [1.29, 1.82) is 0 Å². The highest BCUT2D eigenvalue weighted by Gasteiger charge is 2.32. The van der Waals surface area contributed by atoms with E-state index in [1.807, 2.05) is 4.90 Å². The Bertz CT molecular complexity index is 218. The van der Waals surface area contributed by atoms with Crippen LogP contribution >= 0.6 is 12.6 Å². The Balaban J connectivity index is 2.55. The molecule has 4 heteroatoms. The first kappa shape index (κ1) is 11.9. The molecule has 0 N–H and O–H groups in total. The van der Waals surface area contributed by atoms with Crippen LogP contribution in [0.25, 0.3) is 0 Å². The topological polar surface area (TPSA) is 23.6 Å². The third kappa shape index (κ3) is 2.64. The van der Waals surface area contributed by atoms with Crippen molar-refractivity contribution < 1.29 is 4.79 Å². The van der Waals surface area contributed by atoms with Gasteiger partial charge in [-0.25, -0.2) is 0 Å². The standard InChI is InChI=1S/C10H20N2OS/c1-10(2)8-12(6-5-11(10)3)9(13)4-7-14/h14H,4-8H2,1-3H3. The zero-order valence-electron chi connectivity index (χ0n) is 9.29. The van der Waals surface area contributed by atoms with Gasteiger partial charge in [0.15, 0.2) is 0 Å². The summed E-state index contributed by atoms with van der Waals surface area (Å²) in [4.78, 5) is 15.9. The quantitative estimate of drug-likeness (QED) is 0.692. The van der Waals surface area contributed by atoms with Gasteiger partial charge in [-0.3, -0.25) is 9.69 Å². The summed E-state index contributed by atoms with van der Waals surface area (Å²) in [5, 5.41) is 0. The van der Waals surface area contributed by atoms with Crippen molar-refractivity contribution in [2.75, 3.05) is 32.4 Å². The molecule has 3 nitrogen and oxygen atoms in total. The fraction of sp³-hybridized carbons (Fsp3) is 0.900. The molecule has 0 atom stereocenters. The highest BCUT2D eigenvalue weighted by Crippen LogP contribution is 2.19. The first-order valence-corrected chi connectivity index (χ1v) is 5.70. The molecule has 0 aliphatic carbocycles. The lowest BCUT2D eigenvalue weighted by Crippen LogP contribution is -2.58. The van der Waals surface area contributed by atoms with Gasteiger partial charge in [0.2, 0.25) is 5.91 Å². The van der Waals surface area contributed by atoms with Crippen molar-refractivity contribution in [2.24, 2.45) is 0 Å². The van der Waals surface area contributed by atoms with Gasteiger partial charge in [0.25, 0.3) is 0 Å². The maximum absolute atomic E-state index is 11.7. The zero-order valence-corrected chi connectivity index (χ0v) is 10.2. The molecule has 0 aromatic rings. The van der Waals surface area contributed by atoms with Crippen molar-refractivity contribution in [2.45, 2.75) is 25.8 Å². The molecular formula is C10H20N2OS. The molecule has 0 unspecified atom stereocenters. The van der Waals surface area contributed by atoms with Crippen molar-refractivity contribution >= 4 is 18.5 Å². The normalized spacial score (nSPS) is 22.4. The second kappa shape index (κ2) is 4.53. The summed E-state index contributed by atoms with van der Waals surface area (Å²) in [6, 6.07) is 0. The first-order chi connectivity index (χ1) is 6.47. The third-order valence-corrected chi connectivity index (χ3v) is 3.22. The summed E-state index contributed by atoms with van der Waals surface area (Å²) in [5.74, 6) is 0.882. The van der Waals surface area contributed by atoms with Gasteiger partial charge in [-0.1, -0.05) is 0 Å². The van der Waals surface area contributed by atoms with E-state index in [9.17, 15) is 4.79 Å². The van der Waals surface area contributed by atoms with Crippen LogP contribution in [0.3, 0.4) is 0 Å². The van der Waals surface area contributed by atoms with E-state index in [1.165, 1.54) is 0 Å². The van der Waals surface area contributed by atoms with Crippen LogP contribution in [0.4, 0.5) is 0 Å². The van der Waals surface area contributed by atoms with Gasteiger partial charge in [-0.05, 0) is 26.6 Å². The summed E-state index contributed by atoms with van der Waals surface area (Å²) in [5.41, 5.74) is 0.102. The predicted molar refractivity (Wildman–Crippen MR) is 61.8 cm³/mol. The third-order valence-electron chi connectivity index (χ3n) is 2.99. The van der Waals surface area contributed by atoms with Gasteiger partial charge in [0, 0.05) is 31.6 Å². The molecule has 82 valence electrons. The smallest absolute Gasteiger partial charge is 0.223 e. The Labute approximate surface area is 91.9 Å². The van der Waals surface area contributed by atoms with E-state index < -0.39 is 0 Å². The number of hydrogen-bond acceptors (Lipinski definition) is 3. The molecule has 1 fully saturated rings. The average molecular weight is 216 g/mol.